The molecule has 0 spiro atoms. The minimum Gasteiger partial charge on any atom is -0.465 e. The van der Waals surface area contributed by atoms with Crippen molar-refractivity contribution in [2.75, 3.05) is 17.7 Å². The normalized spacial score (nSPS) is 10.9. The van der Waals surface area contributed by atoms with Crippen LogP contribution >= 0.6 is 11.6 Å². The van der Waals surface area contributed by atoms with E-state index in [0.717, 1.165) is 5.56 Å². The summed E-state index contributed by atoms with van der Waals surface area (Å²) in [6, 6.07) is 11.4. The molecule has 0 aliphatic heterocycles. The predicted molar refractivity (Wildman–Crippen MR) is 105 cm³/mol. The van der Waals surface area contributed by atoms with Gasteiger partial charge in [-0.1, -0.05) is 23.7 Å². The van der Waals surface area contributed by atoms with Crippen molar-refractivity contribution in [2.24, 2.45) is 5.41 Å². The number of ether oxygens (including phenoxy) is 1. The fourth-order valence-corrected chi connectivity index (χ4v) is 2.41. The van der Waals surface area contributed by atoms with E-state index in [1.54, 1.807) is 36.4 Å². The lowest BCUT2D eigenvalue weighted by Gasteiger charge is -2.23. The van der Waals surface area contributed by atoms with Gasteiger partial charge >= 0.3 is 5.97 Å². The molecule has 0 aliphatic rings. The summed E-state index contributed by atoms with van der Waals surface area (Å²) in [5.41, 5.74) is 0.696. The summed E-state index contributed by atoms with van der Waals surface area (Å²) in [7, 11) is 1.28. The van der Waals surface area contributed by atoms with Gasteiger partial charge in [-0.15, -0.1) is 0 Å². The Bertz CT molecular complexity index is 893. The number of aryl methyl sites for hydroxylation is 1. The smallest absolute Gasteiger partial charge is 0.337 e. The van der Waals surface area contributed by atoms with Crippen molar-refractivity contribution in [3.63, 3.8) is 0 Å². The molecule has 2 aromatic carbocycles. The van der Waals surface area contributed by atoms with E-state index in [0.29, 0.717) is 22.0 Å². The molecule has 0 radical (unpaired) electrons. The Hall–Kier alpha value is -2.86. The van der Waals surface area contributed by atoms with Gasteiger partial charge in [-0.25, -0.2) is 4.79 Å². The molecular weight excluding hydrogens is 368 g/mol. The highest BCUT2D eigenvalue weighted by Crippen LogP contribution is 2.25. The predicted octanol–water partition coefficient (Wildman–Crippen LogP) is 4.04. The van der Waals surface area contributed by atoms with Crippen LogP contribution in [0.1, 0.15) is 29.8 Å². The molecule has 6 nitrogen and oxygen atoms in total. The van der Waals surface area contributed by atoms with Gasteiger partial charge in [0.15, 0.2) is 0 Å². The van der Waals surface area contributed by atoms with Crippen molar-refractivity contribution >= 4 is 40.8 Å². The fourth-order valence-electron chi connectivity index (χ4n) is 2.24. The van der Waals surface area contributed by atoms with E-state index < -0.39 is 23.2 Å². The van der Waals surface area contributed by atoms with E-state index in [2.05, 4.69) is 15.4 Å². The van der Waals surface area contributed by atoms with Crippen molar-refractivity contribution in [3.8, 4) is 0 Å². The molecule has 0 heterocycles. The average molecular weight is 389 g/mol. The van der Waals surface area contributed by atoms with Crippen molar-refractivity contribution in [2.45, 2.75) is 20.8 Å². The molecule has 2 rings (SSSR count). The summed E-state index contributed by atoms with van der Waals surface area (Å²) < 4.78 is 4.66. The van der Waals surface area contributed by atoms with Crippen LogP contribution in [0.25, 0.3) is 0 Å². The van der Waals surface area contributed by atoms with E-state index in [-0.39, 0.29) is 0 Å². The van der Waals surface area contributed by atoms with Crippen LogP contribution in [0.3, 0.4) is 0 Å². The van der Waals surface area contributed by atoms with Gasteiger partial charge in [0.1, 0.15) is 5.41 Å². The number of carbonyl (C=O) groups is 3. The Morgan fingerprint density at radius 2 is 1.67 bits per heavy atom. The molecule has 2 amide bonds. The summed E-state index contributed by atoms with van der Waals surface area (Å²) in [4.78, 5) is 36.9. The van der Waals surface area contributed by atoms with Crippen LogP contribution in [0, 0.1) is 12.3 Å². The molecular formula is C20H21ClN2O4. The monoisotopic (exact) mass is 388 g/mol. The number of nitrogens with one attached hydrogen (secondary N) is 2. The third-order valence-electron chi connectivity index (χ3n) is 4.12. The van der Waals surface area contributed by atoms with Gasteiger partial charge in [-0.3, -0.25) is 9.59 Å². The van der Waals surface area contributed by atoms with Crippen LogP contribution < -0.4 is 10.6 Å². The van der Waals surface area contributed by atoms with Gasteiger partial charge in [-0.05, 0) is 56.7 Å². The first kappa shape index (κ1) is 20.5. The largest absolute Gasteiger partial charge is 0.465 e. The van der Waals surface area contributed by atoms with Crippen molar-refractivity contribution in [1.82, 2.24) is 0 Å². The third kappa shape index (κ3) is 4.86. The summed E-state index contributed by atoms with van der Waals surface area (Å²) in [6.45, 7) is 4.86. The molecule has 0 bridgehead atoms. The maximum atomic E-state index is 12.7. The number of methoxy groups -OCH3 is 1. The van der Waals surface area contributed by atoms with Gasteiger partial charge in [-0.2, -0.15) is 0 Å². The zero-order chi connectivity index (χ0) is 20.2. The Morgan fingerprint density at radius 1 is 1.00 bits per heavy atom. The lowest BCUT2D eigenvalue weighted by Crippen LogP contribution is -2.41. The minimum absolute atomic E-state index is 0.298. The lowest BCUT2D eigenvalue weighted by atomic mass is 9.90. The van der Waals surface area contributed by atoms with Crippen LogP contribution in [0.5, 0.6) is 0 Å². The molecule has 0 saturated carbocycles. The minimum atomic E-state index is -1.37. The van der Waals surface area contributed by atoms with Gasteiger partial charge in [0, 0.05) is 16.4 Å². The first-order valence-corrected chi connectivity index (χ1v) is 8.60. The van der Waals surface area contributed by atoms with Gasteiger partial charge in [0.05, 0.1) is 12.7 Å². The number of benzene rings is 2. The number of esters is 1. The number of carbonyl (C=O) groups excluding carboxylic acids is 3. The van der Waals surface area contributed by atoms with Crippen molar-refractivity contribution in [3.05, 3.63) is 58.6 Å². The third-order valence-corrected chi connectivity index (χ3v) is 4.36. The van der Waals surface area contributed by atoms with E-state index in [9.17, 15) is 14.4 Å². The maximum absolute atomic E-state index is 12.7. The topological polar surface area (TPSA) is 84.5 Å². The SMILES string of the molecule is COC(=O)c1cccc(NC(=O)C(C)(C)C(=O)Nc2cc(Cl)ccc2C)c1. The molecule has 0 aliphatic carbocycles. The molecule has 0 unspecified atom stereocenters. The maximum Gasteiger partial charge on any atom is 0.337 e. The second kappa shape index (κ2) is 8.22. The van der Waals surface area contributed by atoms with Crippen molar-refractivity contribution in [1.29, 1.82) is 0 Å². The van der Waals surface area contributed by atoms with Crippen LogP contribution in [-0.2, 0) is 14.3 Å². The number of hydrogen-bond donors (Lipinski definition) is 2. The van der Waals surface area contributed by atoms with E-state index in [1.807, 2.05) is 6.92 Å². The number of halogens is 1. The number of amides is 2. The van der Waals surface area contributed by atoms with Gasteiger partial charge in [0.25, 0.3) is 0 Å². The molecule has 0 atom stereocenters. The average Bonchev–Trinajstić information content (AvgIpc) is 2.64. The Kier molecular flexibility index (Phi) is 6.23. The van der Waals surface area contributed by atoms with E-state index >= 15 is 0 Å². The summed E-state index contributed by atoms with van der Waals surface area (Å²) in [5, 5.41) is 5.88. The molecule has 2 aromatic rings. The van der Waals surface area contributed by atoms with Gasteiger partial charge < -0.3 is 15.4 Å². The van der Waals surface area contributed by atoms with Gasteiger partial charge in [0.2, 0.25) is 11.8 Å². The van der Waals surface area contributed by atoms with Crippen LogP contribution in [-0.4, -0.2) is 24.9 Å². The second-order valence-corrected chi connectivity index (χ2v) is 7.00. The highest BCUT2D eigenvalue weighted by atomic mass is 35.5. The van der Waals surface area contributed by atoms with Crippen LogP contribution in [0.2, 0.25) is 5.02 Å². The molecule has 142 valence electrons. The van der Waals surface area contributed by atoms with Crippen LogP contribution in [0.4, 0.5) is 11.4 Å². The quantitative estimate of drug-likeness (QED) is 0.598. The second-order valence-electron chi connectivity index (χ2n) is 6.56. The number of hydrogen-bond acceptors (Lipinski definition) is 4. The standard InChI is InChI=1S/C20H21ClN2O4/c1-12-8-9-14(21)11-16(12)23-19(26)20(2,3)18(25)22-15-7-5-6-13(10-15)17(24)27-4/h5-11H,1-4H3,(H,22,25)(H,23,26). The molecule has 7 heteroatoms. The number of rotatable bonds is 5. The highest BCUT2D eigenvalue weighted by Gasteiger charge is 2.36. The molecule has 0 aromatic heterocycles. The summed E-state index contributed by atoms with van der Waals surface area (Å²) in [5.74, 6) is -1.50. The summed E-state index contributed by atoms with van der Waals surface area (Å²) >= 11 is 5.97. The summed E-state index contributed by atoms with van der Waals surface area (Å²) in [6.07, 6.45) is 0. The first-order chi connectivity index (χ1) is 12.6. The Balaban J connectivity index is 2.15. The molecule has 2 N–H and O–H groups in total. The molecule has 0 saturated heterocycles. The van der Waals surface area contributed by atoms with Crippen molar-refractivity contribution < 1.29 is 19.1 Å². The highest BCUT2D eigenvalue weighted by molar-refractivity contribution is 6.31. The Morgan fingerprint density at radius 3 is 2.33 bits per heavy atom. The first-order valence-electron chi connectivity index (χ1n) is 8.22. The van der Waals surface area contributed by atoms with Crippen LogP contribution in [0.15, 0.2) is 42.5 Å². The molecule has 0 fully saturated rings. The van der Waals surface area contributed by atoms with E-state index in [4.69, 9.17) is 11.6 Å². The number of anilines is 2. The fraction of sp³-hybridized carbons (Fsp3) is 0.250. The Labute approximate surface area is 162 Å². The molecule has 27 heavy (non-hydrogen) atoms. The lowest BCUT2D eigenvalue weighted by molar-refractivity contribution is -0.135. The zero-order valence-electron chi connectivity index (χ0n) is 15.6. The van der Waals surface area contributed by atoms with E-state index in [1.165, 1.54) is 27.0 Å². The zero-order valence-corrected chi connectivity index (χ0v) is 16.3.